The number of anilines is 1. The monoisotopic (exact) mass is 267 g/mol. The highest BCUT2D eigenvalue weighted by Crippen LogP contribution is 2.21. The van der Waals surface area contributed by atoms with E-state index in [1.54, 1.807) is 0 Å². The number of nitrogens with one attached hydrogen (secondary N) is 1. The molecule has 1 N–H and O–H groups in total. The molecule has 5 heteroatoms. The molecule has 0 spiro atoms. The zero-order chi connectivity index (χ0) is 13.9. The minimum Gasteiger partial charge on any atom is -0.354 e. The molecular weight excluding hydrogens is 250 g/mol. The summed E-state index contributed by atoms with van der Waals surface area (Å²) in [5.74, 6) is 1.12. The van der Waals surface area contributed by atoms with E-state index in [1.165, 1.54) is 0 Å². The summed E-state index contributed by atoms with van der Waals surface area (Å²) in [7, 11) is 0. The van der Waals surface area contributed by atoms with Gasteiger partial charge in [-0.3, -0.25) is 0 Å². The maximum absolute atomic E-state index is 8.87. The molecule has 1 aliphatic heterocycles. The normalized spacial score (nSPS) is 15.1. The van der Waals surface area contributed by atoms with Crippen LogP contribution in [0.4, 0.5) is 5.82 Å². The summed E-state index contributed by atoms with van der Waals surface area (Å²) in [6.07, 6.45) is 0. The number of rotatable bonds is 2. The van der Waals surface area contributed by atoms with Crippen molar-refractivity contribution in [3.8, 4) is 11.8 Å². The van der Waals surface area contributed by atoms with E-state index in [4.69, 9.17) is 5.26 Å². The predicted octanol–water partition coefficient (Wildman–Crippen LogP) is 1.46. The number of piperazine rings is 1. The largest absolute Gasteiger partial charge is 0.354 e. The first-order valence-corrected chi connectivity index (χ1v) is 6.81. The molecule has 1 aromatic carbocycles. The minimum atomic E-state index is 0.668. The number of aromatic nitrogens is 2. The lowest BCUT2D eigenvalue weighted by Gasteiger charge is -2.29. The van der Waals surface area contributed by atoms with E-state index in [-0.39, 0.29) is 0 Å². The molecule has 2 aromatic rings. The molecule has 0 bridgehead atoms. The molecule has 0 aliphatic carbocycles. The lowest BCUT2D eigenvalue weighted by atomic mass is 10.2. The van der Waals surface area contributed by atoms with Gasteiger partial charge in [-0.15, -0.1) is 0 Å². The molecule has 0 unspecified atom stereocenters. The average Bonchev–Trinajstić information content (AvgIpc) is 2.90. The standard InChI is InChI=1S/C15H17N5/c1-12-10-15(19-8-6-17-7-9-19)20(18-12)14-4-2-13(11-16)3-5-14/h2-5,10,17H,6-9H2,1H3. The fourth-order valence-electron chi connectivity index (χ4n) is 2.47. The predicted molar refractivity (Wildman–Crippen MR) is 78.1 cm³/mol. The fourth-order valence-corrected chi connectivity index (χ4v) is 2.47. The van der Waals surface area contributed by atoms with Crippen molar-refractivity contribution in [1.29, 1.82) is 5.26 Å². The van der Waals surface area contributed by atoms with Crippen LogP contribution in [0.2, 0.25) is 0 Å². The maximum atomic E-state index is 8.87. The van der Waals surface area contributed by atoms with Gasteiger partial charge in [-0.1, -0.05) is 0 Å². The van der Waals surface area contributed by atoms with Crippen LogP contribution in [0.5, 0.6) is 0 Å². The van der Waals surface area contributed by atoms with E-state index in [1.807, 2.05) is 35.9 Å². The fraction of sp³-hybridized carbons (Fsp3) is 0.333. The van der Waals surface area contributed by atoms with Crippen molar-refractivity contribution < 1.29 is 0 Å². The van der Waals surface area contributed by atoms with Crippen molar-refractivity contribution in [3.63, 3.8) is 0 Å². The van der Waals surface area contributed by atoms with Crippen LogP contribution in [0.1, 0.15) is 11.3 Å². The van der Waals surface area contributed by atoms with Gasteiger partial charge < -0.3 is 10.2 Å². The Hall–Kier alpha value is -2.32. The van der Waals surface area contributed by atoms with Gasteiger partial charge in [-0.05, 0) is 31.2 Å². The Bertz CT molecular complexity index is 629. The number of hydrogen-bond donors (Lipinski definition) is 1. The lowest BCUT2D eigenvalue weighted by Crippen LogP contribution is -2.44. The van der Waals surface area contributed by atoms with Crippen molar-refractivity contribution in [2.75, 3.05) is 31.1 Å². The van der Waals surface area contributed by atoms with Gasteiger partial charge in [0.05, 0.1) is 23.0 Å². The molecule has 0 saturated carbocycles. The van der Waals surface area contributed by atoms with Crippen LogP contribution in [0.25, 0.3) is 5.69 Å². The van der Waals surface area contributed by atoms with E-state index >= 15 is 0 Å². The van der Waals surface area contributed by atoms with E-state index < -0.39 is 0 Å². The van der Waals surface area contributed by atoms with Gasteiger partial charge in [0.25, 0.3) is 0 Å². The van der Waals surface area contributed by atoms with Crippen molar-refractivity contribution in [1.82, 2.24) is 15.1 Å². The highest BCUT2D eigenvalue weighted by molar-refractivity contribution is 5.50. The third-order valence-corrected chi connectivity index (χ3v) is 3.49. The molecule has 1 aromatic heterocycles. The summed E-state index contributed by atoms with van der Waals surface area (Å²) >= 11 is 0. The first kappa shape index (κ1) is 12.7. The SMILES string of the molecule is Cc1cc(N2CCNCC2)n(-c2ccc(C#N)cc2)n1. The Balaban J connectivity index is 1.97. The van der Waals surface area contributed by atoms with Crippen molar-refractivity contribution >= 4 is 5.82 Å². The van der Waals surface area contributed by atoms with Gasteiger partial charge in [0.1, 0.15) is 5.82 Å². The molecule has 20 heavy (non-hydrogen) atoms. The maximum Gasteiger partial charge on any atom is 0.132 e. The molecule has 1 aliphatic rings. The van der Waals surface area contributed by atoms with Crippen LogP contribution in [-0.4, -0.2) is 36.0 Å². The molecule has 102 valence electrons. The smallest absolute Gasteiger partial charge is 0.132 e. The number of hydrogen-bond acceptors (Lipinski definition) is 4. The Morgan fingerprint density at radius 1 is 1.20 bits per heavy atom. The van der Waals surface area contributed by atoms with Crippen LogP contribution in [0.15, 0.2) is 30.3 Å². The van der Waals surface area contributed by atoms with E-state index in [2.05, 4.69) is 27.5 Å². The third kappa shape index (κ3) is 2.38. The first-order chi connectivity index (χ1) is 9.78. The highest BCUT2D eigenvalue weighted by Gasteiger charge is 2.16. The molecule has 0 atom stereocenters. The summed E-state index contributed by atoms with van der Waals surface area (Å²) in [6.45, 7) is 5.98. The number of nitrogens with zero attached hydrogens (tertiary/aromatic N) is 4. The second kappa shape index (κ2) is 5.35. The average molecular weight is 267 g/mol. The van der Waals surface area contributed by atoms with E-state index in [0.717, 1.165) is 43.4 Å². The van der Waals surface area contributed by atoms with Crippen LogP contribution >= 0.6 is 0 Å². The first-order valence-electron chi connectivity index (χ1n) is 6.81. The van der Waals surface area contributed by atoms with Gasteiger partial charge >= 0.3 is 0 Å². The summed E-state index contributed by atoms with van der Waals surface area (Å²) in [4.78, 5) is 2.34. The summed E-state index contributed by atoms with van der Waals surface area (Å²) in [5.41, 5.74) is 2.66. The van der Waals surface area contributed by atoms with Gasteiger partial charge in [0, 0.05) is 32.2 Å². The summed E-state index contributed by atoms with van der Waals surface area (Å²) in [5, 5.41) is 16.8. The van der Waals surface area contributed by atoms with E-state index in [0.29, 0.717) is 5.56 Å². The third-order valence-electron chi connectivity index (χ3n) is 3.49. The molecule has 3 rings (SSSR count). The molecule has 0 radical (unpaired) electrons. The van der Waals surface area contributed by atoms with Crippen LogP contribution in [-0.2, 0) is 0 Å². The van der Waals surface area contributed by atoms with Gasteiger partial charge in [0.15, 0.2) is 0 Å². The molecular formula is C15H17N5. The van der Waals surface area contributed by atoms with Crippen molar-refractivity contribution in [2.45, 2.75) is 6.92 Å². The second-order valence-corrected chi connectivity index (χ2v) is 4.95. The Morgan fingerprint density at radius 2 is 1.90 bits per heavy atom. The summed E-state index contributed by atoms with van der Waals surface area (Å²) in [6, 6.07) is 11.8. The second-order valence-electron chi connectivity index (χ2n) is 4.95. The zero-order valence-electron chi connectivity index (χ0n) is 11.5. The minimum absolute atomic E-state index is 0.668. The van der Waals surface area contributed by atoms with Gasteiger partial charge in [-0.2, -0.15) is 10.4 Å². The topological polar surface area (TPSA) is 56.9 Å². The number of aryl methyl sites for hydroxylation is 1. The molecule has 1 saturated heterocycles. The van der Waals surface area contributed by atoms with Gasteiger partial charge in [0.2, 0.25) is 0 Å². The molecule has 1 fully saturated rings. The van der Waals surface area contributed by atoms with Crippen LogP contribution < -0.4 is 10.2 Å². The Kier molecular flexibility index (Phi) is 3.40. The quantitative estimate of drug-likeness (QED) is 0.895. The van der Waals surface area contributed by atoms with Gasteiger partial charge in [-0.25, -0.2) is 4.68 Å². The van der Waals surface area contributed by atoms with Crippen LogP contribution in [0.3, 0.4) is 0 Å². The van der Waals surface area contributed by atoms with Crippen molar-refractivity contribution in [2.24, 2.45) is 0 Å². The van der Waals surface area contributed by atoms with E-state index in [9.17, 15) is 0 Å². The summed E-state index contributed by atoms with van der Waals surface area (Å²) < 4.78 is 1.96. The Labute approximate surface area is 118 Å². The highest BCUT2D eigenvalue weighted by atomic mass is 15.4. The molecule has 0 amide bonds. The zero-order valence-corrected chi connectivity index (χ0v) is 11.5. The number of benzene rings is 1. The molecule has 2 heterocycles. The van der Waals surface area contributed by atoms with Crippen LogP contribution in [0, 0.1) is 18.3 Å². The number of nitriles is 1. The Morgan fingerprint density at radius 3 is 2.55 bits per heavy atom. The van der Waals surface area contributed by atoms with Crippen molar-refractivity contribution in [3.05, 3.63) is 41.6 Å². The lowest BCUT2D eigenvalue weighted by molar-refractivity contribution is 0.579. The molecule has 5 nitrogen and oxygen atoms in total.